The SMILES string of the molecule is O=C(CNc1cccc2ccccc12)N/N=C\c1cccc(OCc2ccccc2Cl)c1. The number of carbonyl (C=O) groups excluding carboxylic acids is 1. The number of carbonyl (C=O) groups is 1. The number of hydrogen-bond acceptors (Lipinski definition) is 4. The van der Waals surface area contributed by atoms with Crippen LogP contribution in [0, 0.1) is 0 Å². The number of hydrogen-bond donors (Lipinski definition) is 2. The topological polar surface area (TPSA) is 62.7 Å². The predicted octanol–water partition coefficient (Wildman–Crippen LogP) is 5.63. The van der Waals surface area contributed by atoms with E-state index in [1.807, 2.05) is 91.0 Å². The van der Waals surface area contributed by atoms with Gasteiger partial charge in [-0.1, -0.05) is 78.3 Å². The normalized spacial score (nSPS) is 10.9. The third kappa shape index (κ3) is 5.65. The summed E-state index contributed by atoms with van der Waals surface area (Å²) in [6.07, 6.45) is 1.58. The monoisotopic (exact) mass is 443 g/mol. The van der Waals surface area contributed by atoms with E-state index in [2.05, 4.69) is 15.8 Å². The van der Waals surface area contributed by atoms with Crippen molar-refractivity contribution in [3.05, 3.63) is 107 Å². The summed E-state index contributed by atoms with van der Waals surface area (Å²) in [5, 5.41) is 10.1. The Balaban J connectivity index is 1.29. The van der Waals surface area contributed by atoms with E-state index in [0.29, 0.717) is 17.4 Å². The third-order valence-electron chi connectivity index (χ3n) is 4.84. The van der Waals surface area contributed by atoms with Crippen LogP contribution in [-0.2, 0) is 11.4 Å². The Hall–Kier alpha value is -3.83. The summed E-state index contributed by atoms with van der Waals surface area (Å²) in [5.74, 6) is 0.457. The van der Waals surface area contributed by atoms with Crippen LogP contribution in [0.25, 0.3) is 10.8 Å². The summed E-state index contributed by atoms with van der Waals surface area (Å²) in [6, 6.07) is 29.0. The predicted molar refractivity (Wildman–Crippen MR) is 130 cm³/mol. The largest absolute Gasteiger partial charge is 0.489 e. The lowest BCUT2D eigenvalue weighted by molar-refractivity contribution is -0.119. The van der Waals surface area contributed by atoms with E-state index in [1.165, 1.54) is 0 Å². The highest BCUT2D eigenvalue weighted by atomic mass is 35.5. The Bertz CT molecular complexity index is 1250. The fourth-order valence-corrected chi connectivity index (χ4v) is 3.42. The zero-order valence-corrected chi connectivity index (χ0v) is 18.0. The van der Waals surface area contributed by atoms with E-state index in [9.17, 15) is 4.79 Å². The minimum absolute atomic E-state index is 0.117. The van der Waals surface area contributed by atoms with Crippen molar-refractivity contribution in [2.24, 2.45) is 5.10 Å². The molecular formula is C26H22ClN3O2. The van der Waals surface area contributed by atoms with E-state index in [0.717, 1.165) is 27.6 Å². The van der Waals surface area contributed by atoms with Crippen LogP contribution in [0.5, 0.6) is 5.75 Å². The van der Waals surface area contributed by atoms with Crippen molar-refractivity contribution in [1.29, 1.82) is 0 Å². The van der Waals surface area contributed by atoms with Gasteiger partial charge in [-0.2, -0.15) is 5.10 Å². The number of amides is 1. The second kappa shape index (κ2) is 10.5. The van der Waals surface area contributed by atoms with E-state index in [-0.39, 0.29) is 12.5 Å². The molecule has 0 radical (unpaired) electrons. The number of anilines is 1. The second-order valence-corrected chi connectivity index (χ2v) is 7.53. The molecule has 160 valence electrons. The van der Waals surface area contributed by atoms with Gasteiger partial charge in [0, 0.05) is 21.7 Å². The Morgan fingerprint density at radius 1 is 0.938 bits per heavy atom. The van der Waals surface area contributed by atoms with Gasteiger partial charge >= 0.3 is 0 Å². The molecule has 0 aliphatic carbocycles. The second-order valence-electron chi connectivity index (χ2n) is 7.13. The molecule has 0 aromatic heterocycles. The van der Waals surface area contributed by atoms with Crippen molar-refractivity contribution in [1.82, 2.24) is 5.43 Å². The zero-order valence-electron chi connectivity index (χ0n) is 17.3. The Labute approximate surface area is 191 Å². The average molecular weight is 444 g/mol. The van der Waals surface area contributed by atoms with Gasteiger partial charge in [0.2, 0.25) is 0 Å². The summed E-state index contributed by atoms with van der Waals surface area (Å²) in [6.45, 7) is 0.489. The number of hydrazone groups is 1. The molecule has 0 spiro atoms. The summed E-state index contributed by atoms with van der Waals surface area (Å²) in [7, 11) is 0. The van der Waals surface area contributed by atoms with E-state index in [4.69, 9.17) is 16.3 Å². The quantitative estimate of drug-likeness (QED) is 0.274. The summed E-state index contributed by atoms with van der Waals surface area (Å²) < 4.78 is 5.82. The van der Waals surface area contributed by atoms with Crippen molar-refractivity contribution in [2.75, 3.05) is 11.9 Å². The highest BCUT2D eigenvalue weighted by molar-refractivity contribution is 6.31. The highest BCUT2D eigenvalue weighted by Crippen LogP contribution is 2.22. The third-order valence-corrected chi connectivity index (χ3v) is 5.21. The minimum Gasteiger partial charge on any atom is -0.489 e. The van der Waals surface area contributed by atoms with Crippen LogP contribution in [0.3, 0.4) is 0 Å². The van der Waals surface area contributed by atoms with Gasteiger partial charge in [-0.3, -0.25) is 4.79 Å². The van der Waals surface area contributed by atoms with Gasteiger partial charge in [0.05, 0.1) is 12.8 Å². The number of fused-ring (bicyclic) bond motifs is 1. The molecule has 32 heavy (non-hydrogen) atoms. The molecule has 2 N–H and O–H groups in total. The molecule has 4 aromatic rings. The Kier molecular flexibility index (Phi) is 7.00. The standard InChI is InChI=1S/C26H22ClN3O2/c27-24-13-4-2-9-21(24)18-32-22-11-5-7-19(15-22)16-29-30-26(31)17-28-25-14-6-10-20-8-1-3-12-23(20)25/h1-16,28H,17-18H2,(H,30,31)/b29-16-. The molecule has 0 fully saturated rings. The van der Waals surface area contributed by atoms with Crippen LogP contribution < -0.4 is 15.5 Å². The molecule has 0 heterocycles. The van der Waals surface area contributed by atoms with Crippen molar-refractivity contribution < 1.29 is 9.53 Å². The van der Waals surface area contributed by atoms with Gasteiger partial charge in [0.1, 0.15) is 12.4 Å². The number of nitrogens with zero attached hydrogens (tertiary/aromatic N) is 1. The number of halogens is 1. The van der Waals surface area contributed by atoms with Crippen molar-refractivity contribution in [3.63, 3.8) is 0 Å². The molecular weight excluding hydrogens is 422 g/mol. The minimum atomic E-state index is -0.236. The molecule has 0 saturated carbocycles. The number of benzene rings is 4. The van der Waals surface area contributed by atoms with E-state index >= 15 is 0 Å². The van der Waals surface area contributed by atoms with Crippen molar-refractivity contribution in [2.45, 2.75) is 6.61 Å². The molecule has 0 unspecified atom stereocenters. The zero-order chi connectivity index (χ0) is 22.2. The first-order valence-electron chi connectivity index (χ1n) is 10.2. The molecule has 4 rings (SSSR count). The van der Waals surface area contributed by atoms with Gasteiger partial charge in [-0.25, -0.2) is 5.43 Å². The van der Waals surface area contributed by atoms with Crippen molar-refractivity contribution in [3.8, 4) is 5.75 Å². The first-order valence-corrected chi connectivity index (χ1v) is 10.6. The smallest absolute Gasteiger partial charge is 0.259 e. The molecule has 4 aromatic carbocycles. The number of nitrogens with one attached hydrogen (secondary N) is 2. The Morgan fingerprint density at radius 2 is 1.72 bits per heavy atom. The van der Waals surface area contributed by atoms with Gasteiger partial charge in [-0.05, 0) is 35.2 Å². The van der Waals surface area contributed by atoms with Gasteiger partial charge < -0.3 is 10.1 Å². The van der Waals surface area contributed by atoms with Crippen LogP contribution >= 0.6 is 11.6 Å². The van der Waals surface area contributed by atoms with Crippen molar-refractivity contribution >= 4 is 40.2 Å². The molecule has 6 heteroatoms. The highest BCUT2D eigenvalue weighted by Gasteiger charge is 2.04. The van der Waals surface area contributed by atoms with E-state index in [1.54, 1.807) is 6.21 Å². The fraction of sp³-hybridized carbons (Fsp3) is 0.0769. The number of ether oxygens (including phenoxy) is 1. The van der Waals surface area contributed by atoms with Gasteiger partial charge in [-0.15, -0.1) is 0 Å². The average Bonchev–Trinajstić information content (AvgIpc) is 2.82. The maximum Gasteiger partial charge on any atom is 0.259 e. The lowest BCUT2D eigenvalue weighted by Gasteiger charge is -2.09. The van der Waals surface area contributed by atoms with Gasteiger partial charge in [0.15, 0.2) is 0 Å². The van der Waals surface area contributed by atoms with E-state index < -0.39 is 0 Å². The molecule has 0 aliphatic heterocycles. The maximum atomic E-state index is 12.2. The Morgan fingerprint density at radius 3 is 2.62 bits per heavy atom. The number of rotatable bonds is 8. The molecule has 1 amide bonds. The first kappa shape index (κ1) is 21.4. The molecule has 0 saturated heterocycles. The molecule has 0 atom stereocenters. The first-order chi connectivity index (χ1) is 15.7. The summed E-state index contributed by atoms with van der Waals surface area (Å²) in [5.41, 5.74) is 5.18. The molecule has 5 nitrogen and oxygen atoms in total. The summed E-state index contributed by atoms with van der Waals surface area (Å²) >= 11 is 6.17. The maximum absolute atomic E-state index is 12.2. The molecule has 0 bridgehead atoms. The van der Waals surface area contributed by atoms with Crippen LogP contribution in [0.1, 0.15) is 11.1 Å². The molecule has 0 aliphatic rings. The van der Waals surface area contributed by atoms with Crippen LogP contribution in [0.15, 0.2) is 96.1 Å². The van der Waals surface area contributed by atoms with Crippen LogP contribution in [0.4, 0.5) is 5.69 Å². The van der Waals surface area contributed by atoms with Crippen LogP contribution in [-0.4, -0.2) is 18.7 Å². The fourth-order valence-electron chi connectivity index (χ4n) is 3.23. The lowest BCUT2D eigenvalue weighted by atomic mass is 10.1. The summed E-state index contributed by atoms with van der Waals surface area (Å²) in [4.78, 5) is 12.2. The van der Waals surface area contributed by atoms with Gasteiger partial charge in [0.25, 0.3) is 5.91 Å². The van der Waals surface area contributed by atoms with Crippen LogP contribution in [0.2, 0.25) is 5.02 Å². The lowest BCUT2D eigenvalue weighted by Crippen LogP contribution is -2.25.